The summed E-state index contributed by atoms with van der Waals surface area (Å²) >= 11 is 5.95. The molecular formula is C16H14ClFN2O3S. The molecule has 1 amide bonds. The second-order valence-electron chi connectivity index (χ2n) is 4.76. The maximum Gasteiger partial charge on any atom is 0.263 e. The number of benzene rings is 2. The fourth-order valence-corrected chi connectivity index (χ4v) is 3.43. The average molecular weight is 369 g/mol. The number of rotatable bonds is 6. The van der Waals surface area contributed by atoms with Crippen LogP contribution >= 0.6 is 11.6 Å². The smallest absolute Gasteiger partial charge is 0.263 e. The second kappa shape index (κ2) is 7.46. The van der Waals surface area contributed by atoms with Crippen LogP contribution in [-0.4, -0.2) is 20.9 Å². The maximum atomic E-state index is 12.9. The fraction of sp³-hybridized carbons (Fsp3) is 0.0625. The first-order valence-electron chi connectivity index (χ1n) is 6.80. The molecule has 0 unspecified atom stereocenters. The zero-order valence-electron chi connectivity index (χ0n) is 12.4. The summed E-state index contributed by atoms with van der Waals surface area (Å²) in [5, 5.41) is 2.51. The first-order valence-corrected chi connectivity index (χ1v) is 8.66. The lowest BCUT2D eigenvalue weighted by molar-refractivity contribution is 0.0958. The summed E-state index contributed by atoms with van der Waals surface area (Å²) in [4.78, 5) is 11.7. The highest BCUT2D eigenvalue weighted by Gasteiger charge is 2.20. The first kappa shape index (κ1) is 18.0. The van der Waals surface area contributed by atoms with Gasteiger partial charge in [0.1, 0.15) is 10.7 Å². The highest BCUT2D eigenvalue weighted by molar-refractivity contribution is 7.92. The molecule has 0 fully saturated rings. The highest BCUT2D eigenvalue weighted by atomic mass is 35.5. The van der Waals surface area contributed by atoms with Crippen LogP contribution in [0.3, 0.4) is 0 Å². The number of sulfonamides is 1. The van der Waals surface area contributed by atoms with Gasteiger partial charge in [0, 0.05) is 17.8 Å². The molecule has 2 N–H and O–H groups in total. The lowest BCUT2D eigenvalue weighted by Gasteiger charge is -2.11. The largest absolute Gasteiger partial charge is 0.349 e. The molecular weight excluding hydrogens is 355 g/mol. The molecule has 0 bridgehead atoms. The normalized spacial score (nSPS) is 10.9. The van der Waals surface area contributed by atoms with Crippen LogP contribution in [0, 0.1) is 5.82 Å². The predicted octanol–water partition coefficient (Wildman–Crippen LogP) is 3.20. The minimum atomic E-state index is -4.04. The van der Waals surface area contributed by atoms with E-state index in [9.17, 15) is 17.6 Å². The minimum Gasteiger partial charge on any atom is -0.349 e. The Morgan fingerprint density at radius 2 is 1.88 bits per heavy atom. The number of anilines is 1. The van der Waals surface area contributed by atoms with Crippen molar-refractivity contribution in [2.24, 2.45) is 0 Å². The van der Waals surface area contributed by atoms with E-state index >= 15 is 0 Å². The Hall–Kier alpha value is -2.38. The van der Waals surface area contributed by atoms with E-state index in [4.69, 9.17) is 11.6 Å². The Kier molecular flexibility index (Phi) is 5.58. The summed E-state index contributed by atoms with van der Waals surface area (Å²) in [7, 11) is -4.04. The van der Waals surface area contributed by atoms with Crippen molar-refractivity contribution in [2.45, 2.75) is 4.90 Å². The Balaban J connectivity index is 2.33. The van der Waals surface area contributed by atoms with Crippen LogP contribution < -0.4 is 10.0 Å². The molecule has 8 heteroatoms. The van der Waals surface area contributed by atoms with Gasteiger partial charge < -0.3 is 5.32 Å². The van der Waals surface area contributed by atoms with E-state index in [2.05, 4.69) is 16.6 Å². The van der Waals surface area contributed by atoms with Crippen molar-refractivity contribution in [3.63, 3.8) is 0 Å². The monoisotopic (exact) mass is 368 g/mol. The Labute approximate surface area is 144 Å². The maximum absolute atomic E-state index is 12.9. The lowest BCUT2D eigenvalue weighted by atomic mass is 10.2. The number of carbonyl (C=O) groups is 1. The van der Waals surface area contributed by atoms with Crippen molar-refractivity contribution in [1.29, 1.82) is 0 Å². The third-order valence-corrected chi connectivity index (χ3v) is 4.85. The van der Waals surface area contributed by atoms with E-state index in [1.54, 1.807) is 0 Å². The van der Waals surface area contributed by atoms with Gasteiger partial charge in [0.15, 0.2) is 0 Å². The van der Waals surface area contributed by atoms with Gasteiger partial charge >= 0.3 is 0 Å². The van der Waals surface area contributed by atoms with Gasteiger partial charge in [-0.15, -0.1) is 6.58 Å². The summed E-state index contributed by atoms with van der Waals surface area (Å²) in [6.45, 7) is 3.73. The van der Waals surface area contributed by atoms with Crippen LogP contribution in [0.4, 0.5) is 10.1 Å². The molecule has 0 heterocycles. The fourth-order valence-electron chi connectivity index (χ4n) is 1.85. The molecule has 2 aromatic rings. The van der Waals surface area contributed by atoms with Gasteiger partial charge in [-0.3, -0.25) is 9.52 Å². The quantitative estimate of drug-likeness (QED) is 0.769. The van der Waals surface area contributed by atoms with Crippen LogP contribution in [0.15, 0.2) is 60.0 Å². The van der Waals surface area contributed by atoms with Crippen LogP contribution in [0.2, 0.25) is 5.02 Å². The Morgan fingerprint density at radius 3 is 2.50 bits per heavy atom. The number of amides is 1. The zero-order valence-corrected chi connectivity index (χ0v) is 14.0. The zero-order chi connectivity index (χ0) is 17.7. The van der Waals surface area contributed by atoms with E-state index in [1.165, 1.54) is 36.4 Å². The summed E-state index contributed by atoms with van der Waals surface area (Å²) < 4.78 is 40.1. The molecule has 0 atom stereocenters. The third kappa shape index (κ3) is 4.33. The number of carbonyl (C=O) groups excluding carboxylic acids is 1. The molecule has 0 spiro atoms. The molecule has 5 nitrogen and oxygen atoms in total. The molecule has 0 saturated heterocycles. The SMILES string of the molecule is C=CCNC(=O)c1ccc(Cl)c(S(=O)(=O)Nc2ccc(F)cc2)c1. The van der Waals surface area contributed by atoms with Crippen LogP contribution in [0.5, 0.6) is 0 Å². The molecule has 0 aliphatic rings. The van der Waals surface area contributed by atoms with Crippen molar-refractivity contribution in [3.8, 4) is 0 Å². The van der Waals surface area contributed by atoms with Gasteiger partial charge in [0.05, 0.1) is 5.02 Å². The van der Waals surface area contributed by atoms with Gasteiger partial charge in [-0.05, 0) is 42.5 Å². The molecule has 2 rings (SSSR count). The summed E-state index contributed by atoms with van der Waals surface area (Å²) in [5.41, 5.74) is 0.315. The van der Waals surface area contributed by atoms with Crippen LogP contribution in [-0.2, 0) is 10.0 Å². The standard InChI is InChI=1S/C16H14ClFN2O3S/c1-2-9-19-16(21)11-3-8-14(17)15(10-11)24(22,23)20-13-6-4-12(18)5-7-13/h2-8,10,20H,1,9H2,(H,19,21). The van der Waals surface area contributed by atoms with Gasteiger partial charge in [0.25, 0.3) is 15.9 Å². The highest BCUT2D eigenvalue weighted by Crippen LogP contribution is 2.25. The predicted molar refractivity (Wildman–Crippen MR) is 91.2 cm³/mol. The minimum absolute atomic E-state index is 0.0371. The first-order chi connectivity index (χ1) is 11.3. The number of nitrogens with one attached hydrogen (secondary N) is 2. The van der Waals surface area contributed by atoms with E-state index in [-0.39, 0.29) is 27.7 Å². The summed E-state index contributed by atoms with van der Waals surface area (Å²) in [6.07, 6.45) is 1.50. The van der Waals surface area contributed by atoms with Gasteiger partial charge in [0.2, 0.25) is 0 Å². The van der Waals surface area contributed by atoms with Crippen molar-refractivity contribution >= 4 is 33.2 Å². The van der Waals surface area contributed by atoms with Crippen LogP contribution in [0.1, 0.15) is 10.4 Å². The Bertz CT molecular complexity index is 867. The van der Waals surface area contributed by atoms with Crippen LogP contribution in [0.25, 0.3) is 0 Å². The number of hydrogen-bond acceptors (Lipinski definition) is 3. The molecule has 0 aromatic heterocycles. The van der Waals surface area contributed by atoms with Gasteiger partial charge in [-0.1, -0.05) is 17.7 Å². The second-order valence-corrected chi connectivity index (χ2v) is 6.81. The molecule has 0 aliphatic heterocycles. The number of halogens is 2. The average Bonchev–Trinajstić information content (AvgIpc) is 2.54. The van der Waals surface area contributed by atoms with Crippen molar-refractivity contribution in [2.75, 3.05) is 11.3 Å². The van der Waals surface area contributed by atoms with Gasteiger partial charge in [-0.2, -0.15) is 0 Å². The molecule has 24 heavy (non-hydrogen) atoms. The molecule has 0 radical (unpaired) electrons. The molecule has 2 aromatic carbocycles. The summed E-state index contributed by atoms with van der Waals surface area (Å²) in [6, 6.07) is 8.72. The van der Waals surface area contributed by atoms with Crippen molar-refractivity contribution in [3.05, 3.63) is 71.5 Å². The van der Waals surface area contributed by atoms with E-state index in [0.29, 0.717) is 0 Å². The van der Waals surface area contributed by atoms with Crippen molar-refractivity contribution < 1.29 is 17.6 Å². The summed E-state index contributed by atoms with van der Waals surface area (Å²) in [5.74, 6) is -0.943. The van der Waals surface area contributed by atoms with E-state index in [0.717, 1.165) is 12.1 Å². The van der Waals surface area contributed by atoms with E-state index < -0.39 is 21.7 Å². The third-order valence-electron chi connectivity index (χ3n) is 2.99. The van der Waals surface area contributed by atoms with Gasteiger partial charge in [-0.25, -0.2) is 12.8 Å². The topological polar surface area (TPSA) is 75.3 Å². The van der Waals surface area contributed by atoms with E-state index in [1.807, 2.05) is 0 Å². The van der Waals surface area contributed by atoms with Crippen molar-refractivity contribution in [1.82, 2.24) is 5.32 Å². The molecule has 0 saturated carbocycles. The molecule has 0 aliphatic carbocycles. The lowest BCUT2D eigenvalue weighted by Crippen LogP contribution is -2.23. The number of hydrogen-bond donors (Lipinski definition) is 2. The Morgan fingerprint density at radius 1 is 1.21 bits per heavy atom. The molecule has 126 valence electrons.